The molecule has 0 spiro atoms. The Bertz CT molecular complexity index is 1130. The third-order valence-electron chi connectivity index (χ3n) is 4.57. The average Bonchev–Trinajstić information content (AvgIpc) is 2.75. The Morgan fingerprint density at radius 3 is 2.39 bits per heavy atom. The molecule has 0 atom stereocenters. The van der Waals surface area contributed by atoms with E-state index in [2.05, 4.69) is 10.0 Å². The quantitative estimate of drug-likeness (QED) is 0.529. The van der Waals surface area contributed by atoms with Crippen LogP contribution in [0.2, 0.25) is 0 Å². The summed E-state index contributed by atoms with van der Waals surface area (Å²) in [6, 6.07) is 19.7. The number of hydrogen-bond donors (Lipinski definition) is 2. The summed E-state index contributed by atoms with van der Waals surface area (Å²) in [4.78, 5) is 12.2. The third kappa shape index (κ3) is 6.37. The molecule has 31 heavy (non-hydrogen) atoms. The van der Waals surface area contributed by atoms with E-state index in [1.807, 2.05) is 36.4 Å². The van der Waals surface area contributed by atoms with Gasteiger partial charge in [0.2, 0.25) is 15.9 Å². The minimum absolute atomic E-state index is 0.0551. The Balaban J connectivity index is 1.58. The molecular formula is C23H23FN2O4S. The molecule has 0 saturated carbocycles. The predicted octanol–water partition coefficient (Wildman–Crippen LogP) is 3.73. The molecule has 3 rings (SSSR count). The van der Waals surface area contributed by atoms with Crippen molar-refractivity contribution in [1.82, 2.24) is 4.72 Å². The number of amides is 1. The zero-order valence-corrected chi connectivity index (χ0v) is 17.8. The Hall–Kier alpha value is -3.23. The lowest BCUT2D eigenvalue weighted by Gasteiger charge is -2.12. The third-order valence-corrected chi connectivity index (χ3v) is 6.05. The fourth-order valence-corrected chi connectivity index (χ4v) is 4.06. The van der Waals surface area contributed by atoms with Crippen molar-refractivity contribution in [3.8, 4) is 5.75 Å². The lowest BCUT2D eigenvalue weighted by atomic mass is 10.0. The molecule has 2 N–H and O–H groups in total. The first-order valence-electron chi connectivity index (χ1n) is 9.63. The Morgan fingerprint density at radius 1 is 1.00 bits per heavy atom. The molecule has 0 aliphatic carbocycles. The van der Waals surface area contributed by atoms with Crippen LogP contribution in [-0.4, -0.2) is 28.0 Å². The molecule has 162 valence electrons. The predicted molar refractivity (Wildman–Crippen MR) is 117 cm³/mol. The second-order valence-electron chi connectivity index (χ2n) is 6.84. The topological polar surface area (TPSA) is 84.5 Å². The van der Waals surface area contributed by atoms with Gasteiger partial charge in [-0.1, -0.05) is 30.3 Å². The van der Waals surface area contributed by atoms with Crippen LogP contribution in [0.1, 0.15) is 17.5 Å². The molecule has 0 fully saturated rings. The van der Waals surface area contributed by atoms with Crippen molar-refractivity contribution in [2.24, 2.45) is 0 Å². The number of hydrogen-bond acceptors (Lipinski definition) is 4. The van der Waals surface area contributed by atoms with Crippen LogP contribution in [0.25, 0.3) is 0 Å². The zero-order chi connectivity index (χ0) is 22.3. The van der Waals surface area contributed by atoms with Crippen LogP contribution >= 0.6 is 0 Å². The minimum Gasteiger partial charge on any atom is -0.496 e. The smallest absolute Gasteiger partial charge is 0.240 e. The summed E-state index contributed by atoms with van der Waals surface area (Å²) in [5, 5.41) is 2.77. The van der Waals surface area contributed by atoms with E-state index in [0.29, 0.717) is 17.9 Å². The molecule has 0 radical (unpaired) electrons. The number of anilines is 1. The molecule has 6 nitrogen and oxygen atoms in total. The summed E-state index contributed by atoms with van der Waals surface area (Å²) in [7, 11) is -2.22. The van der Waals surface area contributed by atoms with E-state index < -0.39 is 15.8 Å². The maximum atomic E-state index is 13.0. The van der Waals surface area contributed by atoms with Gasteiger partial charge in [0.15, 0.2) is 0 Å². The van der Waals surface area contributed by atoms with Gasteiger partial charge in [0.25, 0.3) is 0 Å². The van der Waals surface area contributed by atoms with Crippen LogP contribution in [0, 0.1) is 5.82 Å². The lowest BCUT2D eigenvalue weighted by Crippen LogP contribution is -2.27. The summed E-state index contributed by atoms with van der Waals surface area (Å²) in [5.41, 5.74) is 2.63. The number of sulfonamides is 1. The van der Waals surface area contributed by atoms with E-state index in [-0.39, 0.29) is 23.8 Å². The largest absolute Gasteiger partial charge is 0.496 e. The van der Waals surface area contributed by atoms with Gasteiger partial charge >= 0.3 is 0 Å². The Kier molecular flexibility index (Phi) is 7.38. The Morgan fingerprint density at radius 2 is 1.71 bits per heavy atom. The molecule has 0 bridgehead atoms. The van der Waals surface area contributed by atoms with Crippen molar-refractivity contribution in [3.63, 3.8) is 0 Å². The van der Waals surface area contributed by atoms with E-state index in [9.17, 15) is 17.6 Å². The van der Waals surface area contributed by atoms with Gasteiger partial charge in [-0.15, -0.1) is 0 Å². The molecule has 0 aromatic heterocycles. The van der Waals surface area contributed by atoms with E-state index >= 15 is 0 Å². The molecule has 3 aromatic carbocycles. The van der Waals surface area contributed by atoms with Crippen LogP contribution < -0.4 is 14.8 Å². The fourth-order valence-electron chi connectivity index (χ4n) is 3.03. The normalized spacial score (nSPS) is 11.2. The van der Waals surface area contributed by atoms with Gasteiger partial charge in [0.1, 0.15) is 11.6 Å². The van der Waals surface area contributed by atoms with Gasteiger partial charge in [0, 0.05) is 30.6 Å². The first-order chi connectivity index (χ1) is 14.9. The van der Waals surface area contributed by atoms with Crippen LogP contribution in [0.3, 0.4) is 0 Å². The van der Waals surface area contributed by atoms with Gasteiger partial charge in [-0.2, -0.15) is 0 Å². The molecule has 0 saturated heterocycles. The van der Waals surface area contributed by atoms with Gasteiger partial charge in [0.05, 0.1) is 12.0 Å². The lowest BCUT2D eigenvalue weighted by molar-refractivity contribution is -0.116. The van der Waals surface area contributed by atoms with Crippen molar-refractivity contribution in [3.05, 3.63) is 89.7 Å². The number of nitrogens with one attached hydrogen (secondary N) is 2. The van der Waals surface area contributed by atoms with Gasteiger partial charge in [-0.05, 0) is 48.0 Å². The highest BCUT2D eigenvalue weighted by Crippen LogP contribution is 2.25. The molecule has 0 aliphatic heterocycles. The van der Waals surface area contributed by atoms with Crippen molar-refractivity contribution in [2.45, 2.75) is 17.7 Å². The zero-order valence-electron chi connectivity index (χ0n) is 17.0. The van der Waals surface area contributed by atoms with Gasteiger partial charge < -0.3 is 10.1 Å². The molecule has 8 heteroatoms. The first-order valence-corrected chi connectivity index (χ1v) is 11.1. The van der Waals surface area contributed by atoms with E-state index in [4.69, 9.17) is 4.74 Å². The highest BCUT2D eigenvalue weighted by atomic mass is 32.2. The molecule has 1 amide bonds. The number of carbonyl (C=O) groups is 1. The van der Waals surface area contributed by atoms with Crippen LogP contribution in [0.15, 0.2) is 77.7 Å². The summed E-state index contributed by atoms with van der Waals surface area (Å²) < 4.78 is 45.1. The summed E-state index contributed by atoms with van der Waals surface area (Å²) in [6.45, 7) is -0.0848. The molecule has 0 heterocycles. The number of carbonyl (C=O) groups excluding carboxylic acids is 1. The van der Waals surface area contributed by atoms with Gasteiger partial charge in [-0.3, -0.25) is 4.79 Å². The Labute approximate surface area is 181 Å². The van der Waals surface area contributed by atoms with E-state index in [0.717, 1.165) is 23.3 Å². The number of rotatable bonds is 9. The molecule has 3 aromatic rings. The number of ether oxygens (including phenoxy) is 1. The van der Waals surface area contributed by atoms with Crippen molar-refractivity contribution in [2.75, 3.05) is 19.0 Å². The van der Waals surface area contributed by atoms with Crippen LogP contribution in [-0.2, 0) is 21.2 Å². The van der Waals surface area contributed by atoms with Crippen molar-refractivity contribution < 1.29 is 22.3 Å². The maximum Gasteiger partial charge on any atom is 0.240 e. The van der Waals surface area contributed by atoms with E-state index in [1.54, 1.807) is 19.2 Å². The molecule has 0 aliphatic rings. The highest BCUT2D eigenvalue weighted by Gasteiger charge is 2.14. The SMILES string of the molecule is COc1ccc(NC(=O)CCNS(=O)(=O)c2ccc(F)cc2)cc1Cc1ccccc1. The van der Waals surface area contributed by atoms with Gasteiger partial charge in [-0.25, -0.2) is 17.5 Å². The summed E-state index contributed by atoms with van der Waals surface area (Å²) in [5.74, 6) is -0.143. The number of halogens is 1. The van der Waals surface area contributed by atoms with Crippen LogP contribution in [0.4, 0.5) is 10.1 Å². The standard InChI is InChI=1S/C23H23FN2O4S/c1-30-22-12-9-20(16-18(22)15-17-5-3-2-4-6-17)26-23(27)13-14-25-31(28,29)21-10-7-19(24)8-11-21/h2-12,16,25H,13-15H2,1H3,(H,26,27). The monoisotopic (exact) mass is 442 g/mol. The highest BCUT2D eigenvalue weighted by molar-refractivity contribution is 7.89. The summed E-state index contributed by atoms with van der Waals surface area (Å²) >= 11 is 0. The van der Waals surface area contributed by atoms with Crippen LogP contribution in [0.5, 0.6) is 5.75 Å². The number of benzene rings is 3. The number of methoxy groups -OCH3 is 1. The van der Waals surface area contributed by atoms with Crippen molar-refractivity contribution in [1.29, 1.82) is 0 Å². The average molecular weight is 443 g/mol. The summed E-state index contributed by atoms with van der Waals surface area (Å²) in [6.07, 6.45) is 0.589. The maximum absolute atomic E-state index is 13.0. The van der Waals surface area contributed by atoms with Crippen molar-refractivity contribution >= 4 is 21.6 Å². The fraction of sp³-hybridized carbons (Fsp3) is 0.174. The molecular weight excluding hydrogens is 419 g/mol. The first kappa shape index (κ1) is 22.5. The second kappa shape index (κ2) is 10.2. The minimum atomic E-state index is -3.81. The van der Waals surface area contributed by atoms with E-state index in [1.165, 1.54) is 12.1 Å². The molecule has 0 unspecified atom stereocenters. The second-order valence-corrected chi connectivity index (χ2v) is 8.61.